The first-order valence-corrected chi connectivity index (χ1v) is 9.81. The topological polar surface area (TPSA) is 59.2 Å². The highest BCUT2D eigenvalue weighted by Gasteiger charge is 2.44. The number of hydrogen-bond acceptors (Lipinski definition) is 4. The standard InChI is InChI=1S/C19H29N3O2/c1-19(18-20-17(24-21-18)15-9-10-15)11-5-6-12-22(19)16(23)13-14-7-3-2-4-8-14/h14-15H,2-13H2,1H3. The summed E-state index contributed by atoms with van der Waals surface area (Å²) in [6, 6.07) is 0. The Labute approximate surface area is 144 Å². The van der Waals surface area contributed by atoms with E-state index in [1.165, 1.54) is 32.1 Å². The number of aromatic nitrogens is 2. The Kier molecular flexibility index (Phi) is 4.35. The zero-order valence-electron chi connectivity index (χ0n) is 14.8. The van der Waals surface area contributed by atoms with Crippen molar-refractivity contribution in [1.82, 2.24) is 15.0 Å². The first kappa shape index (κ1) is 16.1. The molecule has 0 bridgehead atoms. The molecule has 1 saturated heterocycles. The largest absolute Gasteiger partial charge is 0.339 e. The van der Waals surface area contributed by atoms with Gasteiger partial charge in [0.25, 0.3) is 0 Å². The lowest BCUT2D eigenvalue weighted by Crippen LogP contribution is -2.51. The summed E-state index contributed by atoms with van der Waals surface area (Å²) in [5, 5.41) is 4.27. The maximum Gasteiger partial charge on any atom is 0.229 e. The molecule has 3 aliphatic rings. The number of nitrogens with zero attached hydrogens (tertiary/aromatic N) is 3. The van der Waals surface area contributed by atoms with Gasteiger partial charge in [0.15, 0.2) is 5.82 Å². The fourth-order valence-corrected chi connectivity index (χ4v) is 4.45. The third-order valence-corrected chi connectivity index (χ3v) is 6.23. The number of rotatable bonds is 4. The van der Waals surface area contributed by atoms with Crippen molar-refractivity contribution in [3.63, 3.8) is 0 Å². The van der Waals surface area contributed by atoms with E-state index >= 15 is 0 Å². The molecule has 4 rings (SSSR count). The first-order chi connectivity index (χ1) is 11.7. The van der Waals surface area contributed by atoms with E-state index in [4.69, 9.17) is 4.52 Å². The van der Waals surface area contributed by atoms with Crippen LogP contribution in [-0.4, -0.2) is 27.5 Å². The maximum atomic E-state index is 13.0. The van der Waals surface area contributed by atoms with Crippen molar-refractivity contribution in [3.05, 3.63) is 11.7 Å². The Bertz CT molecular complexity index is 589. The van der Waals surface area contributed by atoms with E-state index in [0.29, 0.717) is 24.2 Å². The lowest BCUT2D eigenvalue weighted by atomic mass is 9.84. The van der Waals surface area contributed by atoms with Crippen LogP contribution in [0, 0.1) is 5.92 Å². The molecule has 2 saturated carbocycles. The van der Waals surface area contributed by atoms with Gasteiger partial charge in [0.1, 0.15) is 5.54 Å². The molecule has 0 spiro atoms. The highest BCUT2D eigenvalue weighted by molar-refractivity contribution is 5.77. The van der Waals surface area contributed by atoms with Crippen LogP contribution in [0.2, 0.25) is 0 Å². The van der Waals surface area contributed by atoms with Crippen LogP contribution in [0.3, 0.4) is 0 Å². The Morgan fingerprint density at radius 3 is 2.71 bits per heavy atom. The van der Waals surface area contributed by atoms with Gasteiger partial charge in [0.2, 0.25) is 11.8 Å². The summed E-state index contributed by atoms with van der Waals surface area (Å²) in [4.78, 5) is 19.8. The molecule has 1 aromatic heterocycles. The first-order valence-electron chi connectivity index (χ1n) is 9.81. The van der Waals surface area contributed by atoms with E-state index in [1.807, 2.05) is 0 Å². The van der Waals surface area contributed by atoms with Crippen LogP contribution in [-0.2, 0) is 10.3 Å². The van der Waals surface area contributed by atoms with Gasteiger partial charge in [0.05, 0.1) is 0 Å². The number of piperidine rings is 1. The van der Waals surface area contributed by atoms with Crippen LogP contribution in [0.1, 0.15) is 95.2 Å². The minimum atomic E-state index is -0.388. The SMILES string of the molecule is CC1(c2noc(C3CC3)n2)CCCCN1C(=O)CC1CCCCC1. The molecule has 0 aromatic carbocycles. The molecule has 5 heteroatoms. The Morgan fingerprint density at radius 2 is 1.96 bits per heavy atom. The van der Waals surface area contributed by atoms with Crippen LogP contribution in [0.25, 0.3) is 0 Å². The van der Waals surface area contributed by atoms with Crippen LogP contribution < -0.4 is 0 Å². The molecule has 2 heterocycles. The average Bonchev–Trinajstić information content (AvgIpc) is 3.32. The minimum Gasteiger partial charge on any atom is -0.339 e. The van der Waals surface area contributed by atoms with Crippen LogP contribution >= 0.6 is 0 Å². The summed E-state index contributed by atoms with van der Waals surface area (Å²) in [6.45, 7) is 2.96. The number of carbonyl (C=O) groups is 1. The van der Waals surface area contributed by atoms with Gasteiger partial charge in [-0.1, -0.05) is 24.4 Å². The van der Waals surface area contributed by atoms with E-state index in [1.54, 1.807) is 0 Å². The fourth-order valence-electron chi connectivity index (χ4n) is 4.45. The van der Waals surface area contributed by atoms with Crippen molar-refractivity contribution < 1.29 is 9.32 Å². The second-order valence-corrected chi connectivity index (χ2v) is 8.21. The molecule has 0 radical (unpaired) electrons. The molecule has 2 aliphatic carbocycles. The molecule has 1 aliphatic heterocycles. The second-order valence-electron chi connectivity index (χ2n) is 8.21. The summed E-state index contributed by atoms with van der Waals surface area (Å²) in [7, 11) is 0. The summed E-state index contributed by atoms with van der Waals surface area (Å²) in [5.41, 5.74) is -0.388. The van der Waals surface area contributed by atoms with Gasteiger partial charge in [-0.25, -0.2) is 0 Å². The van der Waals surface area contributed by atoms with Crippen molar-refractivity contribution in [2.24, 2.45) is 5.92 Å². The van der Waals surface area contributed by atoms with E-state index in [9.17, 15) is 4.79 Å². The van der Waals surface area contributed by atoms with E-state index in [2.05, 4.69) is 22.0 Å². The molecule has 1 aromatic rings. The van der Waals surface area contributed by atoms with Crippen LogP contribution in [0.15, 0.2) is 4.52 Å². The number of amides is 1. The molecule has 24 heavy (non-hydrogen) atoms. The van der Waals surface area contributed by atoms with E-state index in [0.717, 1.165) is 50.4 Å². The molecule has 1 atom stereocenters. The lowest BCUT2D eigenvalue weighted by molar-refractivity contribution is -0.141. The number of carbonyl (C=O) groups excluding carboxylic acids is 1. The van der Waals surface area contributed by atoms with Gasteiger partial charge in [-0.15, -0.1) is 0 Å². The molecular formula is C19H29N3O2. The third-order valence-electron chi connectivity index (χ3n) is 6.23. The van der Waals surface area contributed by atoms with Crippen LogP contribution in [0.5, 0.6) is 0 Å². The van der Waals surface area contributed by atoms with Crippen molar-refractivity contribution in [2.45, 2.75) is 89.0 Å². The van der Waals surface area contributed by atoms with Gasteiger partial charge in [-0.2, -0.15) is 4.98 Å². The fraction of sp³-hybridized carbons (Fsp3) is 0.842. The van der Waals surface area contributed by atoms with Crippen molar-refractivity contribution in [1.29, 1.82) is 0 Å². The second kappa shape index (κ2) is 6.49. The number of hydrogen-bond donors (Lipinski definition) is 0. The zero-order chi connectivity index (χ0) is 16.6. The Morgan fingerprint density at radius 1 is 1.17 bits per heavy atom. The molecule has 1 unspecified atom stereocenters. The lowest BCUT2D eigenvalue weighted by Gasteiger charge is -2.43. The highest BCUT2D eigenvalue weighted by Crippen LogP contribution is 2.42. The maximum absolute atomic E-state index is 13.0. The monoisotopic (exact) mass is 331 g/mol. The van der Waals surface area contributed by atoms with Gasteiger partial charge in [-0.05, 0) is 57.8 Å². The molecule has 132 valence electrons. The summed E-state index contributed by atoms with van der Waals surface area (Å²) < 4.78 is 5.49. The molecule has 5 nitrogen and oxygen atoms in total. The van der Waals surface area contributed by atoms with Gasteiger partial charge in [0, 0.05) is 18.9 Å². The predicted molar refractivity (Wildman–Crippen MR) is 90.4 cm³/mol. The normalized spacial score (nSPS) is 29.0. The molecule has 1 amide bonds. The third kappa shape index (κ3) is 3.09. The highest BCUT2D eigenvalue weighted by atomic mass is 16.5. The van der Waals surface area contributed by atoms with Crippen molar-refractivity contribution in [2.75, 3.05) is 6.54 Å². The Balaban J connectivity index is 1.51. The smallest absolute Gasteiger partial charge is 0.229 e. The van der Waals surface area contributed by atoms with Gasteiger partial charge >= 0.3 is 0 Å². The molecular weight excluding hydrogens is 302 g/mol. The van der Waals surface area contributed by atoms with Crippen molar-refractivity contribution >= 4 is 5.91 Å². The Hall–Kier alpha value is -1.39. The molecule has 3 fully saturated rings. The van der Waals surface area contributed by atoms with E-state index < -0.39 is 0 Å². The van der Waals surface area contributed by atoms with Gasteiger partial charge in [-0.3, -0.25) is 4.79 Å². The minimum absolute atomic E-state index is 0.293. The summed E-state index contributed by atoms with van der Waals surface area (Å²) in [5.74, 6) is 2.83. The summed E-state index contributed by atoms with van der Waals surface area (Å²) >= 11 is 0. The van der Waals surface area contributed by atoms with Crippen molar-refractivity contribution in [3.8, 4) is 0 Å². The predicted octanol–water partition coefficient (Wildman–Crippen LogP) is 4.15. The summed E-state index contributed by atoms with van der Waals surface area (Å²) in [6.07, 6.45) is 12.5. The molecule has 0 N–H and O–H groups in total. The number of likely N-dealkylation sites (tertiary alicyclic amines) is 1. The van der Waals surface area contributed by atoms with E-state index in [-0.39, 0.29) is 5.54 Å². The van der Waals surface area contributed by atoms with Gasteiger partial charge < -0.3 is 9.42 Å². The zero-order valence-corrected chi connectivity index (χ0v) is 14.8. The average molecular weight is 331 g/mol. The quantitative estimate of drug-likeness (QED) is 0.832. The van der Waals surface area contributed by atoms with Crippen LogP contribution in [0.4, 0.5) is 0 Å².